The van der Waals surface area contributed by atoms with Crippen molar-refractivity contribution in [2.24, 2.45) is 4.99 Å². The maximum absolute atomic E-state index is 5.85. The van der Waals surface area contributed by atoms with Crippen molar-refractivity contribution < 1.29 is 4.74 Å². The third-order valence-corrected chi connectivity index (χ3v) is 7.10. The molecule has 1 heterocycles. The van der Waals surface area contributed by atoms with Gasteiger partial charge >= 0.3 is 0 Å². The molecule has 3 heteroatoms. The summed E-state index contributed by atoms with van der Waals surface area (Å²) in [6.07, 6.45) is 2.18. The van der Waals surface area contributed by atoms with Crippen LogP contribution in [0.25, 0.3) is 0 Å². The van der Waals surface area contributed by atoms with Crippen LogP contribution in [0.4, 0.5) is 0 Å². The van der Waals surface area contributed by atoms with Crippen LogP contribution in [-0.4, -0.2) is 24.7 Å². The van der Waals surface area contributed by atoms with Crippen molar-refractivity contribution in [3.8, 4) is 0 Å². The Morgan fingerprint density at radius 1 is 0.769 bits per heavy atom. The molecular weight excluding hydrogens is 337 g/mol. The van der Waals surface area contributed by atoms with Gasteiger partial charge in [0.15, 0.2) is 0 Å². The molecule has 0 fully saturated rings. The Kier molecular flexibility index (Phi) is 5.42. The van der Waals surface area contributed by atoms with E-state index in [9.17, 15) is 0 Å². The van der Waals surface area contributed by atoms with Crippen LogP contribution in [0.15, 0.2) is 96.0 Å². The van der Waals surface area contributed by atoms with Gasteiger partial charge in [-0.15, -0.1) is 0 Å². The zero-order valence-corrected chi connectivity index (χ0v) is 15.6. The normalized spacial score (nSPS) is 16.3. The lowest BCUT2D eigenvalue weighted by molar-refractivity contribution is 0.315. The first-order chi connectivity index (χ1) is 12.9. The van der Waals surface area contributed by atoms with E-state index in [4.69, 9.17) is 9.73 Å². The first kappa shape index (κ1) is 17.0. The minimum atomic E-state index is -0.360. The van der Waals surface area contributed by atoms with Crippen LogP contribution in [-0.2, 0) is 4.74 Å². The molecule has 0 aliphatic carbocycles. The molecule has 0 N–H and O–H groups in total. The average Bonchev–Trinajstić information content (AvgIpc) is 3.20. The molecule has 0 unspecified atom stereocenters. The fraction of sp³-hybridized carbons (Fsp3) is 0.174. The standard InChI is InChI=1S/C23H22NOP/c1-4-10-19(11-5-1)23-24-20(18-25-23)16-17-26(21-12-6-2-7-13-21)22-14-8-3-9-15-22/h1-15,20H,16-18H2/t20-/m0/s1. The van der Waals surface area contributed by atoms with Gasteiger partial charge in [0.1, 0.15) is 6.61 Å². The minimum Gasteiger partial charge on any atom is -0.475 e. The first-order valence-electron chi connectivity index (χ1n) is 9.04. The van der Waals surface area contributed by atoms with E-state index in [2.05, 4.69) is 72.8 Å². The van der Waals surface area contributed by atoms with Crippen LogP contribution in [0, 0.1) is 0 Å². The van der Waals surface area contributed by atoms with Gasteiger partial charge in [-0.05, 0) is 43.2 Å². The molecule has 1 atom stereocenters. The molecule has 26 heavy (non-hydrogen) atoms. The molecule has 0 aromatic heterocycles. The highest BCUT2D eigenvalue weighted by molar-refractivity contribution is 7.73. The second-order valence-corrected chi connectivity index (χ2v) is 8.71. The topological polar surface area (TPSA) is 21.6 Å². The summed E-state index contributed by atoms with van der Waals surface area (Å²) in [6.45, 7) is 0.691. The number of nitrogens with zero attached hydrogens (tertiary/aromatic N) is 1. The highest BCUT2D eigenvalue weighted by Crippen LogP contribution is 2.35. The molecule has 4 rings (SSSR count). The lowest BCUT2D eigenvalue weighted by Gasteiger charge is -2.19. The number of aliphatic imine (C=N–C) groups is 1. The monoisotopic (exact) mass is 359 g/mol. The third-order valence-electron chi connectivity index (χ3n) is 4.55. The van der Waals surface area contributed by atoms with Crippen LogP contribution in [0.2, 0.25) is 0 Å². The molecule has 0 saturated heterocycles. The molecule has 0 saturated carbocycles. The van der Waals surface area contributed by atoms with E-state index in [1.165, 1.54) is 10.6 Å². The van der Waals surface area contributed by atoms with Crippen LogP contribution in [0.1, 0.15) is 12.0 Å². The molecule has 0 amide bonds. The first-order valence-corrected chi connectivity index (χ1v) is 10.6. The van der Waals surface area contributed by atoms with E-state index < -0.39 is 0 Å². The highest BCUT2D eigenvalue weighted by Gasteiger charge is 2.22. The molecule has 1 aliphatic heterocycles. The molecule has 2 nitrogen and oxygen atoms in total. The van der Waals surface area contributed by atoms with Crippen LogP contribution in [0.3, 0.4) is 0 Å². The summed E-state index contributed by atoms with van der Waals surface area (Å²) in [7, 11) is -0.360. The van der Waals surface area contributed by atoms with Crippen molar-refractivity contribution in [1.29, 1.82) is 0 Å². The van der Waals surface area contributed by atoms with Crippen LogP contribution < -0.4 is 10.6 Å². The molecule has 3 aromatic carbocycles. The van der Waals surface area contributed by atoms with Gasteiger partial charge in [0.25, 0.3) is 0 Å². The van der Waals surface area contributed by atoms with Gasteiger partial charge in [0.05, 0.1) is 6.04 Å². The summed E-state index contributed by atoms with van der Waals surface area (Å²) >= 11 is 0. The van der Waals surface area contributed by atoms with Crippen molar-refractivity contribution in [2.75, 3.05) is 12.8 Å². The maximum atomic E-state index is 5.85. The van der Waals surface area contributed by atoms with E-state index in [1.54, 1.807) is 0 Å². The molecule has 0 radical (unpaired) electrons. The molecule has 0 bridgehead atoms. The van der Waals surface area contributed by atoms with E-state index in [1.807, 2.05) is 18.2 Å². The largest absolute Gasteiger partial charge is 0.475 e. The Hall–Kier alpha value is -2.44. The van der Waals surface area contributed by atoms with Gasteiger partial charge < -0.3 is 4.74 Å². The lowest BCUT2D eigenvalue weighted by atomic mass is 10.2. The third kappa shape index (κ3) is 4.03. The predicted molar refractivity (Wildman–Crippen MR) is 111 cm³/mol. The number of rotatable bonds is 6. The summed E-state index contributed by atoms with van der Waals surface area (Å²) in [5, 5.41) is 2.86. The second kappa shape index (κ2) is 8.29. The quantitative estimate of drug-likeness (QED) is 0.600. The molecule has 3 aromatic rings. The smallest absolute Gasteiger partial charge is 0.216 e. The van der Waals surface area contributed by atoms with Crippen molar-refractivity contribution in [2.45, 2.75) is 12.5 Å². The van der Waals surface area contributed by atoms with Gasteiger partial charge in [0.2, 0.25) is 5.90 Å². The Labute approximate surface area is 156 Å². The molecule has 1 aliphatic rings. The fourth-order valence-electron chi connectivity index (χ4n) is 3.20. The Balaban J connectivity index is 1.48. The van der Waals surface area contributed by atoms with Crippen molar-refractivity contribution in [3.63, 3.8) is 0 Å². The number of ether oxygens (including phenoxy) is 1. The lowest BCUT2D eigenvalue weighted by Crippen LogP contribution is -2.17. The maximum Gasteiger partial charge on any atom is 0.216 e. The highest BCUT2D eigenvalue weighted by atomic mass is 31.1. The van der Waals surface area contributed by atoms with E-state index >= 15 is 0 Å². The summed E-state index contributed by atoms with van der Waals surface area (Å²) in [5.41, 5.74) is 1.07. The minimum absolute atomic E-state index is 0.252. The number of hydrogen-bond acceptors (Lipinski definition) is 2. The van der Waals surface area contributed by atoms with E-state index in [-0.39, 0.29) is 14.0 Å². The van der Waals surface area contributed by atoms with Gasteiger partial charge in [-0.25, -0.2) is 4.99 Å². The van der Waals surface area contributed by atoms with Crippen LogP contribution >= 0.6 is 7.92 Å². The predicted octanol–water partition coefficient (Wildman–Crippen LogP) is 4.36. The number of benzene rings is 3. The van der Waals surface area contributed by atoms with Crippen molar-refractivity contribution in [3.05, 3.63) is 96.6 Å². The molecule has 0 spiro atoms. The van der Waals surface area contributed by atoms with E-state index in [0.717, 1.165) is 24.0 Å². The van der Waals surface area contributed by atoms with Crippen LogP contribution in [0.5, 0.6) is 0 Å². The second-order valence-electron chi connectivity index (χ2n) is 6.38. The van der Waals surface area contributed by atoms with Gasteiger partial charge in [-0.1, -0.05) is 78.9 Å². The Morgan fingerprint density at radius 2 is 1.31 bits per heavy atom. The zero-order valence-electron chi connectivity index (χ0n) is 14.7. The number of hydrogen-bond donors (Lipinski definition) is 0. The summed E-state index contributed by atoms with van der Waals surface area (Å²) < 4.78 is 5.85. The summed E-state index contributed by atoms with van der Waals surface area (Å²) in [5.74, 6) is 0.791. The molecular formula is C23H22NOP. The Bertz CT molecular complexity index is 810. The molecule has 130 valence electrons. The van der Waals surface area contributed by atoms with Gasteiger partial charge in [-0.3, -0.25) is 0 Å². The Morgan fingerprint density at radius 3 is 1.88 bits per heavy atom. The van der Waals surface area contributed by atoms with Crippen molar-refractivity contribution in [1.82, 2.24) is 0 Å². The summed E-state index contributed by atoms with van der Waals surface area (Å²) in [6, 6.07) is 32.2. The zero-order chi connectivity index (χ0) is 17.6. The average molecular weight is 359 g/mol. The fourth-order valence-corrected chi connectivity index (χ4v) is 5.64. The van der Waals surface area contributed by atoms with Crippen molar-refractivity contribution >= 4 is 24.4 Å². The van der Waals surface area contributed by atoms with Gasteiger partial charge in [-0.2, -0.15) is 0 Å². The SMILES string of the molecule is c1ccc(C2=N[C@@H](CCP(c3ccccc3)c3ccccc3)CO2)cc1. The summed E-state index contributed by atoms with van der Waals surface area (Å²) in [4.78, 5) is 4.82. The van der Waals surface area contributed by atoms with E-state index in [0.29, 0.717) is 6.61 Å². The van der Waals surface area contributed by atoms with Gasteiger partial charge in [0, 0.05) is 5.56 Å².